The van der Waals surface area contributed by atoms with E-state index >= 15 is 0 Å². The summed E-state index contributed by atoms with van der Waals surface area (Å²) in [5, 5.41) is 5.45. The molecule has 2 N–H and O–H groups in total. The summed E-state index contributed by atoms with van der Waals surface area (Å²) in [5.41, 5.74) is 1.97. The largest absolute Gasteiger partial charge is 0.352 e. The molecule has 2 aromatic rings. The molecule has 0 aliphatic carbocycles. The molecule has 0 bridgehead atoms. The van der Waals surface area contributed by atoms with Gasteiger partial charge in [-0.05, 0) is 55.7 Å². The van der Waals surface area contributed by atoms with Gasteiger partial charge in [-0.2, -0.15) is 4.31 Å². The standard InChI is InChI=1S/C21H25N3O4S/c1-16-6-2-3-7-19(16)21(26)22-13-12-20(25)23-17-8-10-18(11-9-17)29(27,28)24-14-4-5-15-24/h2-3,6-11H,4-5,12-15H2,1H3,(H,22,26)(H,23,25). The molecule has 1 fully saturated rings. The molecular formula is C21H25N3O4S. The fraction of sp³-hybridized carbons (Fsp3) is 0.333. The van der Waals surface area contributed by atoms with E-state index in [0.29, 0.717) is 24.3 Å². The van der Waals surface area contributed by atoms with Crippen LogP contribution in [0.4, 0.5) is 5.69 Å². The number of nitrogens with one attached hydrogen (secondary N) is 2. The van der Waals surface area contributed by atoms with Crippen LogP contribution in [0.25, 0.3) is 0 Å². The van der Waals surface area contributed by atoms with E-state index in [-0.39, 0.29) is 29.7 Å². The van der Waals surface area contributed by atoms with Crippen LogP contribution in [-0.4, -0.2) is 44.2 Å². The SMILES string of the molecule is Cc1ccccc1C(=O)NCCC(=O)Nc1ccc(S(=O)(=O)N2CCCC2)cc1. The number of carbonyl (C=O) groups is 2. The number of amides is 2. The topological polar surface area (TPSA) is 95.6 Å². The van der Waals surface area contributed by atoms with Crippen molar-refractivity contribution in [2.24, 2.45) is 0 Å². The van der Waals surface area contributed by atoms with E-state index in [1.165, 1.54) is 16.4 Å². The first-order valence-corrected chi connectivity index (χ1v) is 11.1. The highest BCUT2D eigenvalue weighted by atomic mass is 32.2. The van der Waals surface area contributed by atoms with Crippen molar-refractivity contribution >= 4 is 27.5 Å². The van der Waals surface area contributed by atoms with Gasteiger partial charge in [0.15, 0.2) is 0 Å². The van der Waals surface area contributed by atoms with Crippen LogP contribution in [0.5, 0.6) is 0 Å². The number of aryl methyl sites for hydroxylation is 1. The number of carbonyl (C=O) groups excluding carboxylic acids is 2. The molecule has 0 aromatic heterocycles. The quantitative estimate of drug-likeness (QED) is 0.726. The van der Waals surface area contributed by atoms with E-state index in [1.54, 1.807) is 24.3 Å². The maximum Gasteiger partial charge on any atom is 0.251 e. The molecule has 1 aliphatic rings. The maximum atomic E-state index is 12.5. The Morgan fingerprint density at radius 3 is 2.31 bits per heavy atom. The van der Waals surface area contributed by atoms with Crippen LogP contribution in [0.1, 0.15) is 35.2 Å². The molecule has 154 valence electrons. The summed E-state index contributed by atoms with van der Waals surface area (Å²) in [6.45, 7) is 3.17. The first kappa shape index (κ1) is 21.0. The van der Waals surface area contributed by atoms with Crippen molar-refractivity contribution < 1.29 is 18.0 Å². The fourth-order valence-electron chi connectivity index (χ4n) is 3.22. The van der Waals surface area contributed by atoms with Crippen LogP contribution >= 0.6 is 0 Å². The van der Waals surface area contributed by atoms with E-state index in [1.807, 2.05) is 19.1 Å². The molecule has 1 aliphatic heterocycles. The molecule has 8 heteroatoms. The molecule has 0 saturated carbocycles. The molecule has 0 unspecified atom stereocenters. The van der Waals surface area contributed by atoms with Gasteiger partial charge in [0.1, 0.15) is 0 Å². The number of rotatable bonds is 7. The number of anilines is 1. The third-order valence-corrected chi connectivity index (χ3v) is 6.78. The molecular weight excluding hydrogens is 390 g/mol. The lowest BCUT2D eigenvalue weighted by molar-refractivity contribution is -0.116. The minimum atomic E-state index is -3.46. The molecule has 1 saturated heterocycles. The van der Waals surface area contributed by atoms with Gasteiger partial charge >= 0.3 is 0 Å². The zero-order valence-corrected chi connectivity index (χ0v) is 17.2. The zero-order valence-electron chi connectivity index (χ0n) is 16.3. The van der Waals surface area contributed by atoms with Gasteiger partial charge in [0, 0.05) is 37.3 Å². The van der Waals surface area contributed by atoms with Crippen LogP contribution in [-0.2, 0) is 14.8 Å². The molecule has 3 rings (SSSR count). The minimum Gasteiger partial charge on any atom is -0.352 e. The zero-order chi connectivity index (χ0) is 20.9. The Hall–Kier alpha value is -2.71. The predicted molar refractivity (Wildman–Crippen MR) is 111 cm³/mol. The van der Waals surface area contributed by atoms with Crippen LogP contribution in [0.3, 0.4) is 0 Å². The van der Waals surface area contributed by atoms with Gasteiger partial charge < -0.3 is 10.6 Å². The number of hydrogen-bond acceptors (Lipinski definition) is 4. The summed E-state index contributed by atoms with van der Waals surface area (Å²) < 4.78 is 26.5. The van der Waals surface area contributed by atoms with E-state index in [0.717, 1.165) is 18.4 Å². The summed E-state index contributed by atoms with van der Waals surface area (Å²) in [7, 11) is -3.46. The average molecular weight is 416 g/mol. The van der Waals surface area contributed by atoms with Crippen LogP contribution in [0, 0.1) is 6.92 Å². The van der Waals surface area contributed by atoms with E-state index in [2.05, 4.69) is 10.6 Å². The Labute approximate surface area is 171 Å². The highest BCUT2D eigenvalue weighted by Gasteiger charge is 2.26. The van der Waals surface area contributed by atoms with Crippen molar-refractivity contribution in [1.82, 2.24) is 9.62 Å². The number of sulfonamides is 1. The molecule has 2 amide bonds. The summed E-state index contributed by atoms with van der Waals surface area (Å²) in [5.74, 6) is -0.474. The lowest BCUT2D eigenvalue weighted by atomic mass is 10.1. The Bertz CT molecular complexity index is 981. The smallest absolute Gasteiger partial charge is 0.251 e. The normalized spacial score (nSPS) is 14.5. The lowest BCUT2D eigenvalue weighted by Gasteiger charge is -2.15. The fourth-order valence-corrected chi connectivity index (χ4v) is 4.74. The average Bonchev–Trinajstić information content (AvgIpc) is 3.24. The van der Waals surface area contributed by atoms with Crippen LogP contribution < -0.4 is 10.6 Å². The Balaban J connectivity index is 1.49. The van der Waals surface area contributed by atoms with Crippen LogP contribution in [0.2, 0.25) is 0 Å². The van der Waals surface area contributed by atoms with Gasteiger partial charge in [-0.25, -0.2) is 8.42 Å². The van der Waals surface area contributed by atoms with Crippen LogP contribution in [0.15, 0.2) is 53.4 Å². The summed E-state index contributed by atoms with van der Waals surface area (Å²) >= 11 is 0. The molecule has 0 radical (unpaired) electrons. The van der Waals surface area contributed by atoms with Gasteiger partial charge in [-0.15, -0.1) is 0 Å². The first-order valence-electron chi connectivity index (χ1n) is 9.62. The Kier molecular flexibility index (Phi) is 6.66. The predicted octanol–water partition coefficient (Wildman–Crippen LogP) is 2.54. The van der Waals surface area contributed by atoms with E-state index in [4.69, 9.17) is 0 Å². The van der Waals surface area contributed by atoms with Crippen molar-refractivity contribution in [3.8, 4) is 0 Å². The second kappa shape index (κ2) is 9.19. The molecule has 7 nitrogen and oxygen atoms in total. The lowest BCUT2D eigenvalue weighted by Crippen LogP contribution is -2.28. The summed E-state index contributed by atoms with van der Waals surface area (Å²) in [4.78, 5) is 24.5. The summed E-state index contributed by atoms with van der Waals surface area (Å²) in [6, 6.07) is 13.4. The van der Waals surface area contributed by atoms with Crippen molar-refractivity contribution in [3.63, 3.8) is 0 Å². The molecule has 29 heavy (non-hydrogen) atoms. The summed E-state index contributed by atoms with van der Waals surface area (Å²) in [6.07, 6.45) is 1.88. The van der Waals surface area contributed by atoms with E-state index in [9.17, 15) is 18.0 Å². The highest BCUT2D eigenvalue weighted by molar-refractivity contribution is 7.89. The first-order chi connectivity index (χ1) is 13.9. The number of nitrogens with zero attached hydrogens (tertiary/aromatic N) is 1. The van der Waals surface area contributed by atoms with Gasteiger partial charge in [0.25, 0.3) is 5.91 Å². The van der Waals surface area contributed by atoms with Crippen molar-refractivity contribution in [1.29, 1.82) is 0 Å². The van der Waals surface area contributed by atoms with Crippen molar-refractivity contribution in [2.45, 2.75) is 31.1 Å². The second-order valence-corrected chi connectivity index (χ2v) is 8.94. The third-order valence-electron chi connectivity index (χ3n) is 4.87. The van der Waals surface area contributed by atoms with E-state index < -0.39 is 10.0 Å². The molecule has 1 heterocycles. The highest BCUT2D eigenvalue weighted by Crippen LogP contribution is 2.22. The third kappa shape index (κ3) is 5.21. The molecule has 0 atom stereocenters. The molecule has 2 aromatic carbocycles. The number of hydrogen-bond donors (Lipinski definition) is 2. The Morgan fingerprint density at radius 1 is 1.00 bits per heavy atom. The Morgan fingerprint density at radius 2 is 1.66 bits per heavy atom. The second-order valence-electron chi connectivity index (χ2n) is 7.00. The minimum absolute atomic E-state index is 0.117. The number of benzene rings is 2. The van der Waals surface area contributed by atoms with Gasteiger partial charge in [0.05, 0.1) is 4.90 Å². The molecule has 0 spiro atoms. The van der Waals surface area contributed by atoms with Gasteiger partial charge in [-0.1, -0.05) is 18.2 Å². The van der Waals surface area contributed by atoms with Crippen molar-refractivity contribution in [3.05, 3.63) is 59.7 Å². The maximum absolute atomic E-state index is 12.5. The van der Waals surface area contributed by atoms with Gasteiger partial charge in [-0.3, -0.25) is 9.59 Å². The van der Waals surface area contributed by atoms with Gasteiger partial charge in [0.2, 0.25) is 15.9 Å². The monoisotopic (exact) mass is 415 g/mol. The van der Waals surface area contributed by atoms with Crippen molar-refractivity contribution in [2.75, 3.05) is 25.0 Å².